The smallest absolute Gasteiger partial charge is 0.258 e. The highest BCUT2D eigenvalue weighted by atomic mass is 32.2. The number of aromatic nitrogens is 4. The maximum Gasteiger partial charge on any atom is 0.258 e. The lowest BCUT2D eigenvalue weighted by Gasteiger charge is -2.20. The molecule has 0 bridgehead atoms. The Kier molecular flexibility index (Phi) is 5.00. The molecule has 8 heteroatoms. The van der Waals surface area contributed by atoms with Crippen molar-refractivity contribution in [1.29, 1.82) is 0 Å². The van der Waals surface area contributed by atoms with Gasteiger partial charge in [0.1, 0.15) is 0 Å². The van der Waals surface area contributed by atoms with Crippen LogP contribution in [0.15, 0.2) is 66.1 Å². The predicted octanol–water partition coefficient (Wildman–Crippen LogP) is 2.38. The Hall–Kier alpha value is -2.45. The maximum absolute atomic E-state index is 12.9. The van der Waals surface area contributed by atoms with E-state index in [0.29, 0.717) is 6.54 Å². The molecule has 132 valence electrons. The fraction of sp³-hybridized carbons (Fsp3) is 0.294. The Bertz CT molecular complexity index is 902. The van der Waals surface area contributed by atoms with E-state index >= 15 is 0 Å². The molecule has 0 aliphatic heterocycles. The molecule has 3 aromatic rings. The lowest BCUT2D eigenvalue weighted by atomic mass is 10.1. The molecular formula is C17H21N5O2S. The van der Waals surface area contributed by atoms with Gasteiger partial charge in [-0.25, -0.2) is 13.1 Å². The first-order valence-corrected chi connectivity index (χ1v) is 9.54. The number of hydrogen-bond acceptors (Lipinski definition) is 4. The van der Waals surface area contributed by atoms with Gasteiger partial charge in [-0.2, -0.15) is 10.2 Å². The summed E-state index contributed by atoms with van der Waals surface area (Å²) in [6.45, 7) is 4.18. The highest BCUT2D eigenvalue weighted by molar-refractivity contribution is 7.89. The van der Waals surface area contributed by atoms with Crippen LogP contribution in [0, 0.1) is 0 Å². The van der Waals surface area contributed by atoms with Crippen LogP contribution in [0.1, 0.15) is 31.5 Å². The first-order valence-electron chi connectivity index (χ1n) is 8.05. The number of rotatable bonds is 7. The van der Waals surface area contributed by atoms with Crippen molar-refractivity contribution < 1.29 is 8.42 Å². The lowest BCUT2D eigenvalue weighted by Crippen LogP contribution is -2.33. The molecule has 0 radical (unpaired) electrons. The molecule has 0 aliphatic carbocycles. The molecule has 25 heavy (non-hydrogen) atoms. The fourth-order valence-electron chi connectivity index (χ4n) is 2.64. The summed E-state index contributed by atoms with van der Waals surface area (Å²) in [5.41, 5.74) is 0.872. The van der Waals surface area contributed by atoms with Crippen LogP contribution >= 0.6 is 0 Å². The van der Waals surface area contributed by atoms with E-state index in [0.717, 1.165) is 5.56 Å². The van der Waals surface area contributed by atoms with Gasteiger partial charge in [0.05, 0.1) is 18.8 Å². The molecule has 2 heterocycles. The summed E-state index contributed by atoms with van der Waals surface area (Å²) in [6, 6.07) is 12.3. The molecule has 0 spiro atoms. The molecule has 0 amide bonds. The molecule has 0 fully saturated rings. The number of benzene rings is 1. The summed E-state index contributed by atoms with van der Waals surface area (Å²) in [5.74, 6) is 0. The molecule has 0 unspecified atom stereocenters. The summed E-state index contributed by atoms with van der Waals surface area (Å²) in [4.78, 5) is 0. The van der Waals surface area contributed by atoms with E-state index in [1.54, 1.807) is 10.9 Å². The van der Waals surface area contributed by atoms with Crippen molar-refractivity contribution >= 4 is 10.0 Å². The van der Waals surface area contributed by atoms with Gasteiger partial charge in [0.25, 0.3) is 10.0 Å². The molecule has 0 saturated carbocycles. The number of sulfonamides is 1. The second kappa shape index (κ2) is 7.20. The van der Waals surface area contributed by atoms with Crippen LogP contribution in [0.2, 0.25) is 0 Å². The molecule has 0 aliphatic rings. The highest BCUT2D eigenvalue weighted by Crippen LogP contribution is 2.20. The van der Waals surface area contributed by atoms with E-state index in [4.69, 9.17) is 0 Å². The Morgan fingerprint density at radius 3 is 2.44 bits per heavy atom. The number of hydrogen-bond donors (Lipinski definition) is 1. The summed E-state index contributed by atoms with van der Waals surface area (Å²) < 4.78 is 31.9. The van der Waals surface area contributed by atoms with Crippen LogP contribution in [0.25, 0.3) is 0 Å². The lowest BCUT2D eigenvalue weighted by molar-refractivity contribution is 0.457. The van der Waals surface area contributed by atoms with Gasteiger partial charge in [0.15, 0.2) is 5.03 Å². The van der Waals surface area contributed by atoms with Crippen molar-refractivity contribution in [3.63, 3.8) is 0 Å². The maximum atomic E-state index is 12.9. The van der Waals surface area contributed by atoms with Crippen LogP contribution in [0.4, 0.5) is 0 Å². The van der Waals surface area contributed by atoms with Gasteiger partial charge < -0.3 is 0 Å². The van der Waals surface area contributed by atoms with Gasteiger partial charge in [0.2, 0.25) is 0 Å². The van der Waals surface area contributed by atoms with E-state index in [2.05, 4.69) is 14.9 Å². The Balaban J connectivity index is 1.92. The van der Waals surface area contributed by atoms with E-state index < -0.39 is 16.1 Å². The molecule has 2 aromatic heterocycles. The zero-order chi connectivity index (χ0) is 17.9. The Morgan fingerprint density at radius 2 is 1.80 bits per heavy atom. The van der Waals surface area contributed by atoms with Crippen molar-refractivity contribution in [3.8, 4) is 0 Å². The summed E-state index contributed by atoms with van der Waals surface area (Å²) in [7, 11) is -3.73. The molecule has 1 aromatic carbocycles. The largest absolute Gasteiger partial charge is 0.271 e. The van der Waals surface area contributed by atoms with Gasteiger partial charge in [-0.1, -0.05) is 30.3 Å². The van der Waals surface area contributed by atoms with Crippen molar-refractivity contribution in [1.82, 2.24) is 24.3 Å². The van der Waals surface area contributed by atoms with E-state index in [9.17, 15) is 8.42 Å². The van der Waals surface area contributed by atoms with Crippen LogP contribution in [-0.4, -0.2) is 28.0 Å². The van der Waals surface area contributed by atoms with E-state index in [-0.39, 0.29) is 11.1 Å². The second-order valence-electron chi connectivity index (χ2n) is 6.02. The molecule has 7 nitrogen and oxygen atoms in total. The van der Waals surface area contributed by atoms with Gasteiger partial charge >= 0.3 is 0 Å². The molecule has 3 rings (SSSR count). The van der Waals surface area contributed by atoms with Crippen molar-refractivity contribution in [3.05, 3.63) is 66.6 Å². The third-order valence-corrected chi connectivity index (χ3v) is 5.30. The van der Waals surface area contributed by atoms with Crippen molar-refractivity contribution in [2.24, 2.45) is 0 Å². The normalized spacial score (nSPS) is 13.2. The molecule has 1 N–H and O–H groups in total. The zero-order valence-corrected chi connectivity index (χ0v) is 15.0. The monoisotopic (exact) mass is 359 g/mol. The highest BCUT2D eigenvalue weighted by Gasteiger charge is 2.25. The minimum absolute atomic E-state index is 0.0529. The van der Waals surface area contributed by atoms with Gasteiger partial charge in [-0.3, -0.25) is 9.36 Å². The van der Waals surface area contributed by atoms with Crippen LogP contribution < -0.4 is 4.72 Å². The average molecular weight is 359 g/mol. The summed E-state index contributed by atoms with van der Waals surface area (Å²) in [6.07, 6.45) is 4.98. The Labute approximate surface area is 147 Å². The average Bonchev–Trinajstić information content (AvgIpc) is 3.26. The quantitative estimate of drug-likeness (QED) is 0.702. The minimum atomic E-state index is -3.73. The first kappa shape index (κ1) is 17.4. The van der Waals surface area contributed by atoms with E-state index in [1.165, 1.54) is 16.9 Å². The topological polar surface area (TPSA) is 81.8 Å². The first-order chi connectivity index (χ1) is 12.0. The Morgan fingerprint density at radius 1 is 1.04 bits per heavy atom. The second-order valence-corrected chi connectivity index (χ2v) is 7.68. The molecule has 0 saturated heterocycles. The third kappa shape index (κ3) is 3.97. The standard InChI is InChI=1S/C17H21N5O2S/c1-14(2)22-17(9-11-19-22)25(23,24)20-16(13-21-12-6-10-18-21)15-7-4-3-5-8-15/h3-12,14,16,20H,13H2,1-2H3/t16-/m1/s1. The van der Waals surface area contributed by atoms with Gasteiger partial charge in [0, 0.05) is 18.4 Å². The molecular weight excluding hydrogens is 338 g/mol. The molecule has 1 atom stereocenters. The summed E-state index contributed by atoms with van der Waals surface area (Å²) in [5, 5.41) is 8.46. The zero-order valence-electron chi connectivity index (χ0n) is 14.1. The predicted molar refractivity (Wildman–Crippen MR) is 94.3 cm³/mol. The van der Waals surface area contributed by atoms with Gasteiger partial charge in [-0.05, 0) is 31.5 Å². The van der Waals surface area contributed by atoms with Crippen LogP contribution in [-0.2, 0) is 16.6 Å². The van der Waals surface area contributed by atoms with Crippen molar-refractivity contribution in [2.75, 3.05) is 0 Å². The SMILES string of the molecule is CC(C)n1nccc1S(=O)(=O)N[C@H](Cn1cccn1)c1ccccc1. The number of nitrogens with zero attached hydrogens (tertiary/aromatic N) is 4. The third-order valence-electron chi connectivity index (χ3n) is 3.83. The van der Waals surface area contributed by atoms with E-state index in [1.807, 2.05) is 56.4 Å². The van der Waals surface area contributed by atoms with Crippen LogP contribution in [0.3, 0.4) is 0 Å². The minimum Gasteiger partial charge on any atom is -0.271 e. The summed E-state index contributed by atoms with van der Waals surface area (Å²) >= 11 is 0. The number of nitrogens with one attached hydrogen (secondary N) is 1. The van der Waals surface area contributed by atoms with Crippen LogP contribution in [0.5, 0.6) is 0 Å². The van der Waals surface area contributed by atoms with Crippen molar-refractivity contribution in [2.45, 2.75) is 37.5 Å². The van der Waals surface area contributed by atoms with Gasteiger partial charge in [-0.15, -0.1) is 0 Å². The fourth-order valence-corrected chi connectivity index (χ4v) is 4.09.